The molecule has 156 valence electrons. The van der Waals surface area contributed by atoms with Gasteiger partial charge in [0.2, 0.25) is 5.91 Å². The van der Waals surface area contributed by atoms with Gasteiger partial charge in [-0.2, -0.15) is 0 Å². The molecule has 3 aromatic rings. The van der Waals surface area contributed by atoms with Gasteiger partial charge >= 0.3 is 5.97 Å². The number of rotatable bonds is 3. The Labute approximate surface area is 176 Å². The van der Waals surface area contributed by atoms with Gasteiger partial charge in [-0.1, -0.05) is 0 Å². The van der Waals surface area contributed by atoms with Crippen molar-refractivity contribution in [3.63, 3.8) is 0 Å². The molecule has 0 bridgehead atoms. The molecule has 2 heterocycles. The summed E-state index contributed by atoms with van der Waals surface area (Å²) in [6.07, 6.45) is 0.162. The first-order valence-electron chi connectivity index (χ1n) is 9.65. The minimum atomic E-state index is -1.37. The number of carbonyl (C=O) groups is 2. The SMILES string of the molecule is NCCC(=O)Nc1ccc2c(c1)C1(OC2=O)c2ccc(O)cc2Oc2cc(O)ccc21. The lowest BCUT2D eigenvalue weighted by molar-refractivity contribution is -0.116. The summed E-state index contributed by atoms with van der Waals surface area (Å²) < 4.78 is 11.9. The van der Waals surface area contributed by atoms with Gasteiger partial charge in [0.05, 0.1) is 5.56 Å². The maximum atomic E-state index is 12.9. The summed E-state index contributed by atoms with van der Waals surface area (Å²) in [4.78, 5) is 24.9. The molecule has 2 aliphatic rings. The maximum Gasteiger partial charge on any atom is 0.340 e. The van der Waals surface area contributed by atoms with Gasteiger partial charge in [0, 0.05) is 47.5 Å². The van der Waals surface area contributed by atoms with Crippen LogP contribution in [-0.4, -0.2) is 28.6 Å². The summed E-state index contributed by atoms with van der Waals surface area (Å²) in [5, 5.41) is 22.7. The molecular weight excluding hydrogens is 400 g/mol. The fourth-order valence-corrected chi connectivity index (χ4v) is 4.13. The average molecular weight is 418 g/mol. The number of hydrogen-bond donors (Lipinski definition) is 4. The van der Waals surface area contributed by atoms with Crippen LogP contribution in [0.3, 0.4) is 0 Å². The Morgan fingerprint density at radius 1 is 0.935 bits per heavy atom. The van der Waals surface area contributed by atoms with Crippen molar-refractivity contribution in [1.82, 2.24) is 0 Å². The number of phenols is 2. The summed E-state index contributed by atoms with van der Waals surface area (Å²) in [5.74, 6) is -0.249. The number of phenolic OH excluding ortho intramolecular Hbond substituents is 2. The second-order valence-electron chi connectivity index (χ2n) is 7.38. The quantitative estimate of drug-likeness (QED) is 0.481. The molecule has 0 saturated carbocycles. The third-order valence-electron chi connectivity index (χ3n) is 5.43. The van der Waals surface area contributed by atoms with Gasteiger partial charge in [-0.05, 0) is 42.5 Å². The van der Waals surface area contributed by atoms with Gasteiger partial charge in [-0.15, -0.1) is 0 Å². The summed E-state index contributed by atoms with van der Waals surface area (Å²) in [6, 6.07) is 14.0. The van der Waals surface area contributed by atoms with Crippen LogP contribution in [-0.2, 0) is 15.1 Å². The molecule has 0 atom stereocenters. The first kappa shape index (κ1) is 19.0. The molecule has 8 heteroatoms. The van der Waals surface area contributed by atoms with Gasteiger partial charge in [0.15, 0.2) is 5.60 Å². The normalized spacial score (nSPS) is 14.8. The lowest BCUT2D eigenvalue weighted by Crippen LogP contribution is -2.33. The molecule has 0 aromatic heterocycles. The third-order valence-corrected chi connectivity index (χ3v) is 5.43. The Morgan fingerprint density at radius 3 is 2.19 bits per heavy atom. The van der Waals surface area contributed by atoms with E-state index in [0.717, 1.165) is 0 Å². The third kappa shape index (κ3) is 2.80. The molecule has 0 fully saturated rings. The zero-order valence-electron chi connectivity index (χ0n) is 16.2. The smallest absolute Gasteiger partial charge is 0.340 e. The first-order chi connectivity index (χ1) is 14.9. The van der Waals surface area contributed by atoms with E-state index in [1.807, 2.05) is 0 Å². The molecular formula is C23H18N2O6. The van der Waals surface area contributed by atoms with Crippen molar-refractivity contribution in [2.24, 2.45) is 5.73 Å². The molecule has 3 aromatic carbocycles. The minimum Gasteiger partial charge on any atom is -0.508 e. The number of esters is 1. The van der Waals surface area contributed by atoms with Gasteiger partial charge < -0.3 is 30.7 Å². The number of nitrogens with two attached hydrogens (primary N) is 1. The molecule has 8 nitrogen and oxygen atoms in total. The number of amides is 1. The Morgan fingerprint density at radius 2 is 1.58 bits per heavy atom. The molecule has 1 amide bonds. The highest BCUT2D eigenvalue weighted by atomic mass is 16.6. The van der Waals surface area contributed by atoms with Crippen molar-refractivity contribution >= 4 is 17.6 Å². The van der Waals surface area contributed by atoms with E-state index in [4.69, 9.17) is 15.2 Å². The first-order valence-corrected chi connectivity index (χ1v) is 9.65. The summed E-state index contributed by atoms with van der Waals surface area (Å²) >= 11 is 0. The number of carbonyl (C=O) groups excluding carboxylic acids is 2. The van der Waals surface area contributed by atoms with E-state index in [2.05, 4.69) is 5.32 Å². The molecule has 31 heavy (non-hydrogen) atoms. The van der Waals surface area contributed by atoms with Crippen LogP contribution in [0.2, 0.25) is 0 Å². The highest BCUT2D eigenvalue weighted by Crippen LogP contribution is 2.57. The van der Waals surface area contributed by atoms with Crippen molar-refractivity contribution in [1.29, 1.82) is 0 Å². The van der Waals surface area contributed by atoms with Crippen LogP contribution in [0.1, 0.15) is 33.5 Å². The summed E-state index contributed by atoms with van der Waals surface area (Å²) in [5.41, 5.74) is 6.46. The highest BCUT2D eigenvalue weighted by Gasteiger charge is 2.53. The zero-order valence-corrected chi connectivity index (χ0v) is 16.2. The van der Waals surface area contributed by atoms with E-state index in [9.17, 15) is 19.8 Å². The van der Waals surface area contributed by atoms with Gasteiger partial charge in [-0.25, -0.2) is 4.79 Å². The lowest BCUT2D eigenvalue weighted by Gasteiger charge is -2.36. The number of ether oxygens (including phenoxy) is 2. The molecule has 0 aliphatic carbocycles. The predicted molar refractivity (Wildman–Crippen MR) is 110 cm³/mol. The molecule has 1 spiro atoms. The zero-order chi connectivity index (χ0) is 21.8. The van der Waals surface area contributed by atoms with E-state index < -0.39 is 11.6 Å². The second kappa shape index (κ2) is 6.75. The monoisotopic (exact) mass is 418 g/mol. The van der Waals surface area contributed by atoms with Gasteiger partial charge in [-0.3, -0.25) is 4.79 Å². The van der Waals surface area contributed by atoms with Crippen LogP contribution < -0.4 is 15.8 Å². The van der Waals surface area contributed by atoms with Crippen molar-refractivity contribution in [3.05, 3.63) is 76.9 Å². The Bertz CT molecular complexity index is 1200. The Hall–Kier alpha value is -4.04. The van der Waals surface area contributed by atoms with Gasteiger partial charge in [0.25, 0.3) is 0 Å². The van der Waals surface area contributed by atoms with E-state index in [1.54, 1.807) is 30.3 Å². The summed E-state index contributed by atoms with van der Waals surface area (Å²) in [6.45, 7) is 0.216. The van der Waals surface area contributed by atoms with Crippen LogP contribution in [0.4, 0.5) is 5.69 Å². The van der Waals surface area contributed by atoms with Gasteiger partial charge in [0.1, 0.15) is 23.0 Å². The standard InChI is InChI=1S/C23H18N2O6/c24-8-7-21(28)25-12-1-4-15-18(9-12)23(31-22(15)29)16-5-2-13(26)10-19(16)30-20-11-14(27)3-6-17(20)23/h1-6,9-11,26-27H,7-8,24H2,(H,25,28). The fourth-order valence-electron chi connectivity index (χ4n) is 4.13. The van der Waals surface area contributed by atoms with Crippen LogP contribution in [0.5, 0.6) is 23.0 Å². The topological polar surface area (TPSA) is 131 Å². The van der Waals surface area contributed by atoms with Crippen LogP contribution in [0.15, 0.2) is 54.6 Å². The minimum absolute atomic E-state index is 0.0233. The average Bonchev–Trinajstić information content (AvgIpc) is 3.00. The predicted octanol–water partition coefficient (Wildman–Crippen LogP) is 2.95. The maximum absolute atomic E-state index is 12.9. The highest BCUT2D eigenvalue weighted by molar-refractivity contribution is 5.99. The molecule has 5 N–H and O–H groups in total. The number of aromatic hydroxyl groups is 2. The largest absolute Gasteiger partial charge is 0.508 e. The molecule has 0 unspecified atom stereocenters. The van der Waals surface area contributed by atoms with Crippen molar-refractivity contribution in [2.45, 2.75) is 12.0 Å². The van der Waals surface area contributed by atoms with E-state index >= 15 is 0 Å². The lowest BCUT2D eigenvalue weighted by atomic mass is 9.77. The van der Waals surface area contributed by atoms with Crippen molar-refractivity contribution in [2.75, 3.05) is 11.9 Å². The Balaban J connectivity index is 1.76. The van der Waals surface area contributed by atoms with E-state index in [0.29, 0.717) is 27.9 Å². The van der Waals surface area contributed by atoms with Crippen LogP contribution in [0, 0.1) is 0 Å². The van der Waals surface area contributed by atoms with Crippen LogP contribution >= 0.6 is 0 Å². The summed E-state index contributed by atoms with van der Waals surface area (Å²) in [7, 11) is 0. The number of hydrogen-bond acceptors (Lipinski definition) is 7. The van der Waals surface area contributed by atoms with Crippen molar-refractivity contribution in [3.8, 4) is 23.0 Å². The fraction of sp³-hybridized carbons (Fsp3) is 0.130. The van der Waals surface area contributed by atoms with Crippen molar-refractivity contribution < 1.29 is 29.3 Å². The molecule has 0 saturated heterocycles. The number of nitrogens with one attached hydrogen (secondary N) is 1. The number of anilines is 1. The van der Waals surface area contributed by atoms with Crippen LogP contribution in [0.25, 0.3) is 0 Å². The molecule has 5 rings (SSSR count). The van der Waals surface area contributed by atoms with E-state index in [-0.39, 0.29) is 41.9 Å². The molecule has 2 aliphatic heterocycles. The number of fused-ring (bicyclic) bond motifs is 6. The van der Waals surface area contributed by atoms with E-state index in [1.165, 1.54) is 24.3 Å². The second-order valence-corrected chi connectivity index (χ2v) is 7.38. The Kier molecular flexibility index (Phi) is 4.13. The number of benzene rings is 3. The molecule has 0 radical (unpaired) electrons.